The van der Waals surface area contributed by atoms with Crippen molar-refractivity contribution in [2.24, 2.45) is 16.8 Å². The molecule has 0 rings (SSSR count). The predicted molar refractivity (Wildman–Crippen MR) is 52.9 cm³/mol. The van der Waals surface area contributed by atoms with Gasteiger partial charge in [-0.15, -0.1) is 0 Å². The number of rotatable bonds is 7. The van der Waals surface area contributed by atoms with Crippen LogP contribution in [0.1, 0.15) is 33.1 Å². The van der Waals surface area contributed by atoms with E-state index in [4.69, 9.17) is 15.7 Å². The van der Waals surface area contributed by atoms with Gasteiger partial charge in [0.1, 0.15) is 5.84 Å². The maximum atomic E-state index is 8.23. The third-order valence-corrected chi connectivity index (χ3v) is 1.81. The maximum Gasteiger partial charge on any atom is 0.141 e. The van der Waals surface area contributed by atoms with Crippen molar-refractivity contribution < 1.29 is 9.94 Å². The van der Waals surface area contributed by atoms with Gasteiger partial charge in [0.25, 0.3) is 0 Å². The average Bonchev–Trinajstić information content (AvgIpc) is 2.12. The SMILES string of the molecule is CCCC(C)COCCC(N)=NO. The molecular weight excluding hydrogens is 168 g/mol. The molecule has 0 radical (unpaired) electrons. The van der Waals surface area contributed by atoms with E-state index in [2.05, 4.69) is 19.0 Å². The maximum absolute atomic E-state index is 8.23. The summed E-state index contributed by atoms with van der Waals surface area (Å²) in [6.07, 6.45) is 2.86. The van der Waals surface area contributed by atoms with Crippen LogP contribution in [-0.2, 0) is 4.74 Å². The summed E-state index contributed by atoms with van der Waals surface area (Å²) in [5, 5.41) is 11.1. The summed E-state index contributed by atoms with van der Waals surface area (Å²) < 4.78 is 5.35. The molecule has 0 saturated carbocycles. The Morgan fingerprint density at radius 1 is 1.62 bits per heavy atom. The fourth-order valence-corrected chi connectivity index (χ4v) is 1.09. The van der Waals surface area contributed by atoms with Crippen molar-refractivity contribution in [3.8, 4) is 0 Å². The van der Waals surface area contributed by atoms with Crippen LogP contribution in [0.3, 0.4) is 0 Å². The minimum Gasteiger partial charge on any atom is -0.409 e. The van der Waals surface area contributed by atoms with Gasteiger partial charge in [0.2, 0.25) is 0 Å². The van der Waals surface area contributed by atoms with Crippen molar-refractivity contribution in [3.63, 3.8) is 0 Å². The van der Waals surface area contributed by atoms with Gasteiger partial charge < -0.3 is 15.7 Å². The van der Waals surface area contributed by atoms with E-state index < -0.39 is 0 Å². The highest BCUT2D eigenvalue weighted by atomic mass is 16.5. The molecule has 0 aromatic carbocycles. The average molecular weight is 188 g/mol. The quantitative estimate of drug-likeness (QED) is 0.209. The van der Waals surface area contributed by atoms with E-state index in [9.17, 15) is 0 Å². The number of hydrogen-bond donors (Lipinski definition) is 2. The predicted octanol–water partition coefficient (Wildman–Crippen LogP) is 1.58. The third kappa shape index (κ3) is 7.59. The smallest absolute Gasteiger partial charge is 0.141 e. The van der Waals surface area contributed by atoms with Crippen molar-refractivity contribution in [1.29, 1.82) is 0 Å². The zero-order valence-electron chi connectivity index (χ0n) is 8.49. The summed E-state index contributed by atoms with van der Waals surface area (Å²) in [5.74, 6) is 0.820. The monoisotopic (exact) mass is 188 g/mol. The van der Waals surface area contributed by atoms with Crippen molar-refractivity contribution in [2.75, 3.05) is 13.2 Å². The topological polar surface area (TPSA) is 67.8 Å². The minimum atomic E-state index is 0.225. The van der Waals surface area contributed by atoms with Crippen molar-refractivity contribution in [3.05, 3.63) is 0 Å². The summed E-state index contributed by atoms with van der Waals surface area (Å²) in [7, 11) is 0. The van der Waals surface area contributed by atoms with E-state index in [0.29, 0.717) is 18.9 Å². The summed E-state index contributed by atoms with van der Waals surface area (Å²) in [6.45, 7) is 5.61. The molecule has 0 aliphatic rings. The molecule has 0 amide bonds. The van der Waals surface area contributed by atoms with Gasteiger partial charge in [-0.3, -0.25) is 0 Å². The van der Waals surface area contributed by atoms with E-state index in [-0.39, 0.29) is 5.84 Å². The zero-order valence-corrected chi connectivity index (χ0v) is 8.49. The van der Waals surface area contributed by atoms with Gasteiger partial charge in [0.05, 0.1) is 6.61 Å². The Kier molecular flexibility index (Phi) is 7.39. The minimum absolute atomic E-state index is 0.225. The van der Waals surface area contributed by atoms with Gasteiger partial charge in [-0.1, -0.05) is 25.4 Å². The first-order valence-corrected chi connectivity index (χ1v) is 4.74. The van der Waals surface area contributed by atoms with Crippen LogP contribution in [0.25, 0.3) is 0 Å². The Bertz CT molecular complexity index is 149. The number of nitrogens with zero attached hydrogens (tertiary/aromatic N) is 1. The van der Waals surface area contributed by atoms with Gasteiger partial charge in [-0.05, 0) is 12.3 Å². The Hall–Kier alpha value is -0.770. The van der Waals surface area contributed by atoms with Gasteiger partial charge in [0, 0.05) is 13.0 Å². The molecule has 1 unspecified atom stereocenters. The van der Waals surface area contributed by atoms with Crippen LogP contribution in [0.5, 0.6) is 0 Å². The number of amidine groups is 1. The molecule has 0 fully saturated rings. The fraction of sp³-hybridized carbons (Fsp3) is 0.889. The van der Waals surface area contributed by atoms with E-state index in [0.717, 1.165) is 6.61 Å². The molecule has 0 aromatic rings. The Morgan fingerprint density at radius 2 is 2.31 bits per heavy atom. The van der Waals surface area contributed by atoms with E-state index >= 15 is 0 Å². The Labute approximate surface area is 79.8 Å². The van der Waals surface area contributed by atoms with E-state index in [1.54, 1.807) is 0 Å². The highest BCUT2D eigenvalue weighted by molar-refractivity contribution is 5.79. The second kappa shape index (κ2) is 7.86. The van der Waals surface area contributed by atoms with Crippen molar-refractivity contribution >= 4 is 5.84 Å². The fourth-order valence-electron chi connectivity index (χ4n) is 1.09. The second-order valence-electron chi connectivity index (χ2n) is 3.31. The molecule has 0 aromatic heterocycles. The lowest BCUT2D eigenvalue weighted by atomic mass is 10.1. The van der Waals surface area contributed by atoms with Crippen LogP contribution < -0.4 is 5.73 Å². The normalized spacial score (nSPS) is 14.5. The Morgan fingerprint density at radius 3 is 2.85 bits per heavy atom. The molecule has 0 saturated heterocycles. The standard InChI is InChI=1S/C9H20N2O2/c1-3-4-8(2)7-13-6-5-9(10)11-12/h8,12H,3-7H2,1-2H3,(H2,10,11). The molecule has 3 N–H and O–H groups in total. The number of ether oxygens (including phenoxy) is 1. The Balaban J connectivity index is 3.25. The summed E-state index contributed by atoms with van der Waals surface area (Å²) >= 11 is 0. The third-order valence-electron chi connectivity index (χ3n) is 1.81. The van der Waals surface area contributed by atoms with Crippen molar-refractivity contribution in [1.82, 2.24) is 0 Å². The highest BCUT2D eigenvalue weighted by Gasteiger charge is 2.00. The van der Waals surface area contributed by atoms with Gasteiger partial charge in [-0.25, -0.2) is 0 Å². The molecule has 0 heterocycles. The lowest BCUT2D eigenvalue weighted by Crippen LogP contribution is -2.16. The molecule has 13 heavy (non-hydrogen) atoms. The van der Waals surface area contributed by atoms with Crippen LogP contribution in [0.2, 0.25) is 0 Å². The van der Waals surface area contributed by atoms with Crippen LogP contribution in [0.15, 0.2) is 5.16 Å². The first-order chi connectivity index (χ1) is 6.20. The molecule has 0 bridgehead atoms. The largest absolute Gasteiger partial charge is 0.409 e. The first kappa shape index (κ1) is 12.2. The van der Waals surface area contributed by atoms with Gasteiger partial charge in [-0.2, -0.15) is 0 Å². The van der Waals surface area contributed by atoms with Gasteiger partial charge >= 0.3 is 0 Å². The van der Waals surface area contributed by atoms with Crippen LogP contribution >= 0.6 is 0 Å². The van der Waals surface area contributed by atoms with E-state index in [1.807, 2.05) is 0 Å². The highest BCUT2D eigenvalue weighted by Crippen LogP contribution is 2.04. The number of oxime groups is 1. The molecule has 4 heteroatoms. The molecule has 4 nitrogen and oxygen atoms in total. The lowest BCUT2D eigenvalue weighted by Gasteiger charge is -2.09. The molecule has 0 aliphatic carbocycles. The molecule has 78 valence electrons. The molecule has 0 spiro atoms. The molecular formula is C9H20N2O2. The number of hydrogen-bond acceptors (Lipinski definition) is 3. The summed E-state index contributed by atoms with van der Waals surface area (Å²) in [5.41, 5.74) is 5.27. The summed E-state index contributed by atoms with van der Waals surface area (Å²) in [6, 6.07) is 0. The first-order valence-electron chi connectivity index (χ1n) is 4.74. The number of nitrogens with two attached hydrogens (primary N) is 1. The van der Waals surface area contributed by atoms with Crippen LogP contribution in [-0.4, -0.2) is 24.3 Å². The zero-order chi connectivity index (χ0) is 10.1. The van der Waals surface area contributed by atoms with Crippen LogP contribution in [0, 0.1) is 5.92 Å². The molecule has 0 aliphatic heterocycles. The van der Waals surface area contributed by atoms with E-state index in [1.165, 1.54) is 12.8 Å². The molecule has 1 atom stereocenters. The second-order valence-corrected chi connectivity index (χ2v) is 3.31. The lowest BCUT2D eigenvalue weighted by molar-refractivity contribution is 0.107. The van der Waals surface area contributed by atoms with Gasteiger partial charge in [0.15, 0.2) is 0 Å². The van der Waals surface area contributed by atoms with Crippen LogP contribution in [0.4, 0.5) is 0 Å². The summed E-state index contributed by atoms with van der Waals surface area (Å²) in [4.78, 5) is 0. The van der Waals surface area contributed by atoms with Crippen molar-refractivity contribution in [2.45, 2.75) is 33.1 Å².